The number of aliphatic hydroxyl groups excluding tert-OH is 1. The molecule has 1 fully saturated rings. The van der Waals surface area contributed by atoms with E-state index in [1.165, 1.54) is 5.56 Å². The molecule has 1 aromatic rings. The third-order valence-electron chi connectivity index (χ3n) is 4.42. The second-order valence-electron chi connectivity index (χ2n) is 6.12. The highest BCUT2D eigenvalue weighted by Crippen LogP contribution is 2.30. The van der Waals surface area contributed by atoms with Crippen LogP contribution in [0.5, 0.6) is 0 Å². The molecule has 110 valence electrons. The standard InChI is InChI=1S/C17H25NO2/c1-12(2)13-6-8-14(9-7-13)17(20)18-10-15-4-3-5-16(15)11-19/h6-9,12,15-16,19H,3-5,10-11H2,1-2H3,(H,18,20). The molecule has 2 rings (SSSR count). The van der Waals surface area contributed by atoms with Crippen LogP contribution in [0.15, 0.2) is 24.3 Å². The average Bonchev–Trinajstić information content (AvgIpc) is 2.92. The number of hydrogen-bond donors (Lipinski definition) is 2. The van der Waals surface area contributed by atoms with Crippen LogP contribution in [0.1, 0.15) is 54.9 Å². The van der Waals surface area contributed by atoms with Crippen LogP contribution in [0, 0.1) is 11.8 Å². The zero-order chi connectivity index (χ0) is 14.5. The Morgan fingerprint density at radius 3 is 2.50 bits per heavy atom. The molecular weight excluding hydrogens is 250 g/mol. The van der Waals surface area contributed by atoms with Gasteiger partial charge in [-0.15, -0.1) is 0 Å². The predicted octanol–water partition coefficient (Wildman–Crippen LogP) is 2.95. The van der Waals surface area contributed by atoms with E-state index in [4.69, 9.17) is 0 Å². The Kier molecular flexibility index (Phi) is 5.18. The van der Waals surface area contributed by atoms with E-state index in [9.17, 15) is 9.90 Å². The fourth-order valence-electron chi connectivity index (χ4n) is 2.97. The van der Waals surface area contributed by atoms with E-state index in [0.29, 0.717) is 29.9 Å². The van der Waals surface area contributed by atoms with Crippen molar-refractivity contribution >= 4 is 5.91 Å². The topological polar surface area (TPSA) is 49.3 Å². The van der Waals surface area contributed by atoms with Crippen LogP contribution in [0.25, 0.3) is 0 Å². The smallest absolute Gasteiger partial charge is 0.251 e. The summed E-state index contributed by atoms with van der Waals surface area (Å²) in [4.78, 5) is 12.1. The molecule has 0 aliphatic heterocycles. The lowest BCUT2D eigenvalue weighted by Gasteiger charge is -2.17. The first kappa shape index (κ1) is 15.0. The van der Waals surface area contributed by atoms with Crippen LogP contribution >= 0.6 is 0 Å². The van der Waals surface area contributed by atoms with Gasteiger partial charge >= 0.3 is 0 Å². The van der Waals surface area contributed by atoms with Gasteiger partial charge in [0.15, 0.2) is 0 Å². The van der Waals surface area contributed by atoms with Gasteiger partial charge in [-0.2, -0.15) is 0 Å². The van der Waals surface area contributed by atoms with Gasteiger partial charge in [0.05, 0.1) is 0 Å². The molecule has 0 saturated heterocycles. The molecule has 1 aliphatic carbocycles. The summed E-state index contributed by atoms with van der Waals surface area (Å²) < 4.78 is 0. The molecule has 3 heteroatoms. The van der Waals surface area contributed by atoms with Gasteiger partial charge in [-0.05, 0) is 48.3 Å². The minimum atomic E-state index is -0.0103. The van der Waals surface area contributed by atoms with Crippen molar-refractivity contribution in [1.82, 2.24) is 5.32 Å². The van der Waals surface area contributed by atoms with Gasteiger partial charge in [0, 0.05) is 18.7 Å². The summed E-state index contributed by atoms with van der Waals surface area (Å²) in [6.45, 7) is 5.20. The maximum Gasteiger partial charge on any atom is 0.251 e. The molecule has 1 aromatic carbocycles. The van der Waals surface area contributed by atoms with Gasteiger partial charge < -0.3 is 10.4 Å². The number of nitrogens with one attached hydrogen (secondary N) is 1. The third kappa shape index (κ3) is 3.60. The van der Waals surface area contributed by atoms with E-state index >= 15 is 0 Å². The normalized spacial score (nSPS) is 22.2. The van der Waals surface area contributed by atoms with Crippen molar-refractivity contribution in [2.75, 3.05) is 13.2 Å². The van der Waals surface area contributed by atoms with Crippen LogP contribution in [-0.4, -0.2) is 24.2 Å². The highest BCUT2D eigenvalue weighted by atomic mass is 16.3. The highest BCUT2D eigenvalue weighted by molar-refractivity contribution is 5.94. The van der Waals surface area contributed by atoms with E-state index < -0.39 is 0 Å². The molecular formula is C17H25NO2. The van der Waals surface area contributed by atoms with Gasteiger partial charge in [-0.1, -0.05) is 32.4 Å². The molecule has 0 spiro atoms. The Balaban J connectivity index is 1.88. The van der Waals surface area contributed by atoms with Crippen LogP contribution in [-0.2, 0) is 0 Å². The van der Waals surface area contributed by atoms with Crippen LogP contribution in [0.3, 0.4) is 0 Å². The molecule has 1 aliphatic rings. The molecule has 0 bridgehead atoms. The third-order valence-corrected chi connectivity index (χ3v) is 4.42. The molecule has 1 saturated carbocycles. The first-order valence-corrected chi connectivity index (χ1v) is 7.60. The van der Waals surface area contributed by atoms with Crippen LogP contribution in [0.2, 0.25) is 0 Å². The number of amides is 1. The minimum absolute atomic E-state index is 0.0103. The number of hydrogen-bond acceptors (Lipinski definition) is 2. The lowest BCUT2D eigenvalue weighted by Crippen LogP contribution is -2.31. The molecule has 20 heavy (non-hydrogen) atoms. The number of carbonyl (C=O) groups is 1. The van der Waals surface area contributed by atoms with E-state index in [0.717, 1.165) is 19.3 Å². The summed E-state index contributed by atoms with van der Waals surface area (Å²) in [6, 6.07) is 7.82. The second-order valence-corrected chi connectivity index (χ2v) is 6.12. The Morgan fingerprint density at radius 2 is 1.90 bits per heavy atom. The molecule has 2 N–H and O–H groups in total. The lowest BCUT2D eigenvalue weighted by molar-refractivity contribution is 0.0937. The van der Waals surface area contributed by atoms with Crippen molar-refractivity contribution in [3.63, 3.8) is 0 Å². The van der Waals surface area contributed by atoms with E-state index in [-0.39, 0.29) is 12.5 Å². The molecule has 2 atom stereocenters. The van der Waals surface area contributed by atoms with E-state index in [1.807, 2.05) is 24.3 Å². The molecule has 0 heterocycles. The van der Waals surface area contributed by atoms with Crippen molar-refractivity contribution in [2.45, 2.75) is 39.0 Å². The number of rotatable bonds is 5. The molecule has 0 aromatic heterocycles. The summed E-state index contributed by atoms with van der Waals surface area (Å²) in [6.07, 6.45) is 3.35. The monoisotopic (exact) mass is 275 g/mol. The number of benzene rings is 1. The largest absolute Gasteiger partial charge is 0.396 e. The zero-order valence-electron chi connectivity index (χ0n) is 12.4. The summed E-state index contributed by atoms with van der Waals surface area (Å²) in [5.74, 6) is 1.26. The molecule has 1 amide bonds. The SMILES string of the molecule is CC(C)c1ccc(C(=O)NCC2CCCC2CO)cc1. The van der Waals surface area contributed by atoms with Crippen molar-refractivity contribution in [3.8, 4) is 0 Å². The Morgan fingerprint density at radius 1 is 1.25 bits per heavy atom. The van der Waals surface area contributed by atoms with Gasteiger partial charge in [-0.25, -0.2) is 0 Å². The number of carbonyl (C=O) groups excluding carboxylic acids is 1. The Bertz CT molecular complexity index is 439. The molecule has 2 unspecified atom stereocenters. The maximum atomic E-state index is 12.1. The fourth-order valence-corrected chi connectivity index (χ4v) is 2.97. The Labute approximate surface area is 121 Å². The fraction of sp³-hybridized carbons (Fsp3) is 0.588. The zero-order valence-corrected chi connectivity index (χ0v) is 12.4. The minimum Gasteiger partial charge on any atom is -0.396 e. The van der Waals surface area contributed by atoms with Crippen molar-refractivity contribution in [1.29, 1.82) is 0 Å². The number of aliphatic hydroxyl groups is 1. The quantitative estimate of drug-likeness (QED) is 0.868. The highest BCUT2D eigenvalue weighted by Gasteiger charge is 2.26. The van der Waals surface area contributed by atoms with Crippen LogP contribution in [0.4, 0.5) is 0 Å². The van der Waals surface area contributed by atoms with E-state index in [1.54, 1.807) is 0 Å². The summed E-state index contributed by atoms with van der Waals surface area (Å²) in [7, 11) is 0. The second kappa shape index (κ2) is 6.89. The predicted molar refractivity (Wildman–Crippen MR) is 80.8 cm³/mol. The summed E-state index contributed by atoms with van der Waals surface area (Å²) >= 11 is 0. The van der Waals surface area contributed by atoms with Crippen molar-refractivity contribution in [3.05, 3.63) is 35.4 Å². The average molecular weight is 275 g/mol. The van der Waals surface area contributed by atoms with Crippen molar-refractivity contribution < 1.29 is 9.90 Å². The summed E-state index contributed by atoms with van der Waals surface area (Å²) in [5, 5.41) is 12.3. The first-order chi connectivity index (χ1) is 9.61. The molecule has 3 nitrogen and oxygen atoms in total. The molecule has 0 radical (unpaired) electrons. The van der Waals surface area contributed by atoms with E-state index in [2.05, 4.69) is 19.2 Å². The summed E-state index contributed by atoms with van der Waals surface area (Å²) in [5.41, 5.74) is 1.96. The van der Waals surface area contributed by atoms with Crippen LogP contribution < -0.4 is 5.32 Å². The first-order valence-electron chi connectivity index (χ1n) is 7.60. The maximum absolute atomic E-state index is 12.1. The Hall–Kier alpha value is -1.35. The van der Waals surface area contributed by atoms with Gasteiger partial charge in [0.2, 0.25) is 0 Å². The van der Waals surface area contributed by atoms with Gasteiger partial charge in [0.1, 0.15) is 0 Å². The van der Waals surface area contributed by atoms with Gasteiger partial charge in [0.25, 0.3) is 5.91 Å². The van der Waals surface area contributed by atoms with Crippen molar-refractivity contribution in [2.24, 2.45) is 11.8 Å². The van der Waals surface area contributed by atoms with Gasteiger partial charge in [-0.3, -0.25) is 4.79 Å². The lowest BCUT2D eigenvalue weighted by atomic mass is 9.97.